The molecule has 9 heteroatoms. The molecule has 6 nitrogen and oxygen atoms in total. The van der Waals surface area contributed by atoms with Crippen LogP contribution < -0.4 is 4.72 Å². The van der Waals surface area contributed by atoms with Crippen molar-refractivity contribution in [3.05, 3.63) is 45.1 Å². The fourth-order valence-corrected chi connectivity index (χ4v) is 5.22. The molecule has 3 rings (SSSR count). The number of hydrogen-bond donors (Lipinski definition) is 1. The number of rotatable bonds is 6. The monoisotopic (exact) mass is 414 g/mol. The number of sulfonamides is 1. The third-order valence-corrected chi connectivity index (χ3v) is 6.94. The maximum atomic E-state index is 12.7. The van der Waals surface area contributed by atoms with Crippen LogP contribution in [0.2, 0.25) is 5.02 Å². The fraction of sp³-hybridized carbons (Fsp3) is 0.353. The Morgan fingerprint density at radius 2 is 2.15 bits per heavy atom. The summed E-state index contributed by atoms with van der Waals surface area (Å²) >= 11 is 7.46. The van der Waals surface area contributed by atoms with E-state index in [-0.39, 0.29) is 17.4 Å². The highest BCUT2D eigenvalue weighted by Gasteiger charge is 2.22. The molecule has 0 atom stereocenters. The summed E-state index contributed by atoms with van der Waals surface area (Å²) in [6.45, 7) is 3.41. The summed E-state index contributed by atoms with van der Waals surface area (Å²) in [7, 11) is -3.74. The highest BCUT2D eigenvalue weighted by Crippen LogP contribution is 2.28. The number of benzene rings is 1. The second kappa shape index (κ2) is 7.96. The number of ether oxygens (including phenoxy) is 1. The summed E-state index contributed by atoms with van der Waals surface area (Å²) in [5.74, 6) is -0.0387. The first-order valence-electron chi connectivity index (χ1n) is 8.07. The zero-order valence-corrected chi connectivity index (χ0v) is 16.6. The van der Waals surface area contributed by atoms with Gasteiger partial charge in [0.2, 0.25) is 5.91 Å². The minimum absolute atomic E-state index is 0.0387. The summed E-state index contributed by atoms with van der Waals surface area (Å²) in [6, 6.07) is 4.80. The van der Waals surface area contributed by atoms with Gasteiger partial charge in [-0.1, -0.05) is 17.7 Å². The first kappa shape index (κ1) is 19.2. The van der Waals surface area contributed by atoms with Gasteiger partial charge < -0.3 is 9.64 Å². The molecule has 1 aliphatic rings. The standard InChI is InChI=1S/C17H19ClN2O4S2/c1-12-14(18)3-2-4-16(12)26(22,23)19-15-11-25-10-13(15)5-6-20-7-8-24-9-17(20)21/h2-4,10-11,19H,5-9H2,1H3. The molecule has 1 fully saturated rings. The summed E-state index contributed by atoms with van der Waals surface area (Å²) < 4.78 is 33.2. The van der Waals surface area contributed by atoms with Gasteiger partial charge >= 0.3 is 0 Å². The third-order valence-electron chi connectivity index (χ3n) is 4.23. The number of halogens is 1. The number of hydrogen-bond acceptors (Lipinski definition) is 5. The van der Waals surface area contributed by atoms with Gasteiger partial charge in [0.05, 0.1) is 17.2 Å². The molecule has 1 aromatic heterocycles. The molecule has 1 aromatic carbocycles. The Kier molecular flexibility index (Phi) is 5.86. The van der Waals surface area contributed by atoms with Gasteiger partial charge in [-0.15, -0.1) is 11.3 Å². The quantitative estimate of drug-likeness (QED) is 0.788. The Bertz CT molecular complexity index is 911. The smallest absolute Gasteiger partial charge is 0.262 e. The van der Waals surface area contributed by atoms with Crippen LogP contribution in [0.4, 0.5) is 5.69 Å². The van der Waals surface area contributed by atoms with E-state index in [1.165, 1.54) is 17.4 Å². The minimum atomic E-state index is -3.74. The second-order valence-corrected chi connectivity index (χ2v) is 8.76. The summed E-state index contributed by atoms with van der Waals surface area (Å²) in [5, 5.41) is 4.06. The Labute approximate surface area is 161 Å². The van der Waals surface area contributed by atoms with E-state index in [9.17, 15) is 13.2 Å². The molecule has 0 unspecified atom stereocenters. The van der Waals surface area contributed by atoms with Crippen molar-refractivity contribution >= 4 is 44.6 Å². The minimum Gasteiger partial charge on any atom is -0.370 e. The van der Waals surface area contributed by atoms with E-state index in [2.05, 4.69) is 4.72 Å². The number of carbonyl (C=O) groups is 1. The van der Waals surface area contributed by atoms with E-state index in [0.29, 0.717) is 42.4 Å². The molecule has 1 N–H and O–H groups in total. The largest absolute Gasteiger partial charge is 0.370 e. The van der Waals surface area contributed by atoms with Gasteiger partial charge in [0.1, 0.15) is 6.61 Å². The van der Waals surface area contributed by atoms with Crippen LogP contribution in [-0.4, -0.2) is 45.5 Å². The molecule has 26 heavy (non-hydrogen) atoms. The van der Waals surface area contributed by atoms with E-state index in [1.54, 1.807) is 29.3 Å². The molecule has 0 bridgehead atoms. The van der Waals surface area contributed by atoms with Crippen LogP contribution >= 0.6 is 22.9 Å². The number of nitrogens with zero attached hydrogens (tertiary/aromatic N) is 1. The molecule has 0 spiro atoms. The summed E-state index contributed by atoms with van der Waals surface area (Å²) in [6.07, 6.45) is 0.571. The Hall–Kier alpha value is -1.61. The van der Waals surface area contributed by atoms with Crippen LogP contribution in [0.1, 0.15) is 11.1 Å². The predicted molar refractivity (Wildman–Crippen MR) is 102 cm³/mol. The predicted octanol–water partition coefficient (Wildman–Crippen LogP) is 2.91. The number of morpholine rings is 1. The normalized spacial score (nSPS) is 15.3. The lowest BCUT2D eigenvalue weighted by Crippen LogP contribution is -2.42. The Balaban J connectivity index is 1.74. The third kappa shape index (κ3) is 4.20. The summed E-state index contributed by atoms with van der Waals surface area (Å²) in [5.41, 5.74) is 1.91. The van der Waals surface area contributed by atoms with Crippen molar-refractivity contribution in [1.29, 1.82) is 0 Å². The van der Waals surface area contributed by atoms with Crippen molar-refractivity contribution in [3.8, 4) is 0 Å². The molecule has 0 radical (unpaired) electrons. The number of anilines is 1. The van der Waals surface area contributed by atoms with Crippen LogP contribution in [-0.2, 0) is 26.0 Å². The average molecular weight is 415 g/mol. The molecule has 1 aliphatic heterocycles. The Morgan fingerprint density at radius 1 is 1.35 bits per heavy atom. The van der Waals surface area contributed by atoms with Gasteiger partial charge in [0, 0.05) is 23.5 Å². The van der Waals surface area contributed by atoms with Crippen LogP contribution in [0.3, 0.4) is 0 Å². The van der Waals surface area contributed by atoms with E-state index in [0.717, 1.165) is 5.56 Å². The molecular weight excluding hydrogens is 396 g/mol. The number of thiophene rings is 1. The van der Waals surface area contributed by atoms with Gasteiger partial charge in [-0.3, -0.25) is 9.52 Å². The van der Waals surface area contributed by atoms with E-state index >= 15 is 0 Å². The first-order valence-corrected chi connectivity index (χ1v) is 10.9. The van der Waals surface area contributed by atoms with Gasteiger partial charge in [0.15, 0.2) is 0 Å². The first-order chi connectivity index (χ1) is 12.4. The van der Waals surface area contributed by atoms with Crippen LogP contribution in [0.25, 0.3) is 0 Å². The topological polar surface area (TPSA) is 75.7 Å². The molecule has 1 amide bonds. The Morgan fingerprint density at radius 3 is 2.92 bits per heavy atom. The fourth-order valence-electron chi connectivity index (χ4n) is 2.73. The molecule has 1 saturated heterocycles. The van der Waals surface area contributed by atoms with Gasteiger partial charge in [-0.05, 0) is 42.0 Å². The number of amides is 1. The van der Waals surface area contributed by atoms with E-state index in [1.807, 2.05) is 5.38 Å². The van der Waals surface area contributed by atoms with Gasteiger partial charge in [-0.2, -0.15) is 0 Å². The molecule has 0 aliphatic carbocycles. The van der Waals surface area contributed by atoms with Crippen molar-refractivity contribution in [2.45, 2.75) is 18.2 Å². The molecule has 2 aromatic rings. The van der Waals surface area contributed by atoms with Crippen molar-refractivity contribution in [2.75, 3.05) is 31.0 Å². The zero-order chi connectivity index (χ0) is 18.7. The maximum absolute atomic E-state index is 12.7. The van der Waals surface area contributed by atoms with Crippen molar-refractivity contribution in [2.24, 2.45) is 0 Å². The lowest BCUT2D eigenvalue weighted by atomic mass is 10.2. The van der Waals surface area contributed by atoms with Crippen molar-refractivity contribution in [1.82, 2.24) is 4.90 Å². The SMILES string of the molecule is Cc1c(Cl)cccc1S(=O)(=O)Nc1cscc1CCN1CCOCC1=O. The lowest BCUT2D eigenvalue weighted by Gasteiger charge is -2.26. The molecular formula is C17H19ClN2O4S2. The maximum Gasteiger partial charge on any atom is 0.262 e. The summed E-state index contributed by atoms with van der Waals surface area (Å²) in [4.78, 5) is 13.7. The van der Waals surface area contributed by atoms with Gasteiger partial charge in [-0.25, -0.2) is 8.42 Å². The van der Waals surface area contributed by atoms with Crippen molar-refractivity contribution in [3.63, 3.8) is 0 Å². The second-order valence-electron chi connectivity index (χ2n) is 5.96. The van der Waals surface area contributed by atoms with Crippen LogP contribution in [0.5, 0.6) is 0 Å². The zero-order valence-electron chi connectivity index (χ0n) is 14.2. The molecule has 0 saturated carbocycles. The molecule has 140 valence electrons. The number of carbonyl (C=O) groups excluding carboxylic acids is 1. The van der Waals surface area contributed by atoms with Gasteiger partial charge in [0.25, 0.3) is 10.0 Å². The van der Waals surface area contributed by atoms with Crippen LogP contribution in [0.15, 0.2) is 33.9 Å². The van der Waals surface area contributed by atoms with Crippen molar-refractivity contribution < 1.29 is 17.9 Å². The van der Waals surface area contributed by atoms with Crippen LogP contribution in [0, 0.1) is 6.92 Å². The lowest BCUT2D eigenvalue weighted by molar-refractivity contribution is -0.142. The molecule has 2 heterocycles. The average Bonchev–Trinajstić information content (AvgIpc) is 3.03. The van der Waals surface area contributed by atoms with E-state index < -0.39 is 10.0 Å². The number of nitrogens with one attached hydrogen (secondary N) is 1. The van der Waals surface area contributed by atoms with E-state index in [4.69, 9.17) is 16.3 Å². The highest BCUT2D eigenvalue weighted by atomic mass is 35.5. The highest BCUT2D eigenvalue weighted by molar-refractivity contribution is 7.92.